The maximum atomic E-state index is 12.1. The van der Waals surface area contributed by atoms with E-state index in [1.54, 1.807) is 0 Å². The van der Waals surface area contributed by atoms with Gasteiger partial charge in [0.25, 0.3) is 0 Å². The molecule has 1 N–H and O–H groups in total. The zero-order chi connectivity index (χ0) is 25.9. The minimum absolute atomic E-state index is 0.220. The second-order valence-corrected chi connectivity index (χ2v) is 9.01. The van der Waals surface area contributed by atoms with Gasteiger partial charge in [0.05, 0.1) is 32.5 Å². The van der Waals surface area contributed by atoms with E-state index in [-0.39, 0.29) is 12.5 Å². The molecular weight excluding hydrogens is 466 g/mol. The summed E-state index contributed by atoms with van der Waals surface area (Å²) in [6.07, 6.45) is 3.56. The quantitative estimate of drug-likeness (QED) is 0.399. The fourth-order valence-corrected chi connectivity index (χ4v) is 4.41. The largest absolute Gasteiger partial charge is 0.374 e. The van der Waals surface area contributed by atoms with Crippen molar-refractivity contribution in [3.8, 4) is 12.3 Å². The molecule has 3 aromatic rings. The number of ether oxygens (including phenoxy) is 4. The Bertz CT molecular complexity index is 1130. The number of hydrogen-bond donors (Lipinski definition) is 1. The summed E-state index contributed by atoms with van der Waals surface area (Å²) >= 11 is 0. The summed E-state index contributed by atoms with van der Waals surface area (Å²) in [5, 5.41) is 2.95. The smallest absolute Gasteiger partial charge is 0.217 e. The number of carbonyl (C=O) groups is 1. The Balaban J connectivity index is 1.57. The molecule has 1 aliphatic heterocycles. The van der Waals surface area contributed by atoms with Crippen LogP contribution < -0.4 is 5.32 Å². The zero-order valence-corrected chi connectivity index (χ0v) is 21.0. The highest BCUT2D eigenvalue weighted by molar-refractivity contribution is 5.73. The Morgan fingerprint density at radius 1 is 0.811 bits per heavy atom. The molecular formula is C31H33NO5. The van der Waals surface area contributed by atoms with Crippen LogP contribution in [0.15, 0.2) is 91.0 Å². The van der Waals surface area contributed by atoms with Crippen LogP contribution in [0.3, 0.4) is 0 Å². The van der Waals surface area contributed by atoms with E-state index in [9.17, 15) is 4.79 Å². The van der Waals surface area contributed by atoms with Gasteiger partial charge in [-0.05, 0) is 16.7 Å². The van der Waals surface area contributed by atoms with Crippen molar-refractivity contribution in [1.29, 1.82) is 0 Å². The summed E-state index contributed by atoms with van der Waals surface area (Å²) in [4.78, 5) is 12.1. The third-order valence-corrected chi connectivity index (χ3v) is 6.19. The molecule has 1 fully saturated rings. The van der Waals surface area contributed by atoms with Gasteiger partial charge in [-0.1, -0.05) is 96.9 Å². The maximum Gasteiger partial charge on any atom is 0.217 e. The SMILES string of the molecule is C#C[C@H]1OC(COCc2ccccc2)[C@H](OCc2ccccc2)C(OCc2ccccc2)C1NC(C)=O. The van der Waals surface area contributed by atoms with Gasteiger partial charge in [-0.2, -0.15) is 0 Å². The van der Waals surface area contributed by atoms with Crippen molar-refractivity contribution in [1.82, 2.24) is 5.32 Å². The molecule has 5 atom stereocenters. The molecule has 1 saturated heterocycles. The van der Waals surface area contributed by atoms with Gasteiger partial charge in [0.1, 0.15) is 24.4 Å². The Hall–Kier alpha value is -3.47. The van der Waals surface area contributed by atoms with Crippen LogP contribution in [0.5, 0.6) is 0 Å². The lowest BCUT2D eigenvalue weighted by molar-refractivity contribution is -0.222. The first-order valence-electron chi connectivity index (χ1n) is 12.5. The predicted molar refractivity (Wildman–Crippen MR) is 141 cm³/mol. The number of hydrogen-bond acceptors (Lipinski definition) is 5. The van der Waals surface area contributed by atoms with E-state index in [4.69, 9.17) is 25.4 Å². The van der Waals surface area contributed by atoms with Gasteiger partial charge in [-0.25, -0.2) is 0 Å². The number of amides is 1. The molecule has 192 valence electrons. The summed E-state index contributed by atoms with van der Waals surface area (Å²) in [6, 6.07) is 29.1. The van der Waals surface area contributed by atoms with Crippen molar-refractivity contribution < 1.29 is 23.7 Å². The van der Waals surface area contributed by atoms with Gasteiger partial charge < -0.3 is 24.3 Å². The molecule has 1 amide bonds. The highest BCUT2D eigenvalue weighted by atomic mass is 16.6. The van der Waals surface area contributed by atoms with Crippen LogP contribution in [0.25, 0.3) is 0 Å². The zero-order valence-electron chi connectivity index (χ0n) is 21.0. The molecule has 0 radical (unpaired) electrons. The fraction of sp³-hybridized carbons (Fsp3) is 0.323. The normalized spacial score (nSPS) is 23.2. The van der Waals surface area contributed by atoms with Gasteiger partial charge in [0.15, 0.2) is 0 Å². The predicted octanol–water partition coefficient (Wildman–Crippen LogP) is 4.28. The van der Waals surface area contributed by atoms with Crippen LogP contribution in [0.1, 0.15) is 23.6 Å². The lowest BCUT2D eigenvalue weighted by Crippen LogP contribution is -2.65. The van der Waals surface area contributed by atoms with E-state index in [1.165, 1.54) is 6.92 Å². The number of carbonyl (C=O) groups excluding carboxylic acids is 1. The molecule has 3 unspecified atom stereocenters. The second-order valence-electron chi connectivity index (χ2n) is 9.01. The summed E-state index contributed by atoms with van der Waals surface area (Å²) in [7, 11) is 0. The second kappa shape index (κ2) is 13.7. The van der Waals surface area contributed by atoms with E-state index in [0.29, 0.717) is 19.8 Å². The molecule has 37 heavy (non-hydrogen) atoms. The van der Waals surface area contributed by atoms with Crippen LogP contribution in [0.4, 0.5) is 0 Å². The number of nitrogens with one attached hydrogen (secondary N) is 1. The highest BCUT2D eigenvalue weighted by Crippen LogP contribution is 2.28. The molecule has 0 aromatic heterocycles. The minimum atomic E-state index is -0.702. The molecule has 1 aliphatic rings. The Morgan fingerprint density at radius 2 is 1.30 bits per heavy atom. The van der Waals surface area contributed by atoms with Gasteiger partial charge >= 0.3 is 0 Å². The summed E-state index contributed by atoms with van der Waals surface area (Å²) in [6.45, 7) is 2.82. The molecule has 4 rings (SSSR count). The van der Waals surface area contributed by atoms with Crippen molar-refractivity contribution in [3.05, 3.63) is 108 Å². The lowest BCUT2D eigenvalue weighted by Gasteiger charge is -2.45. The van der Waals surface area contributed by atoms with Gasteiger partial charge in [-0.15, -0.1) is 6.42 Å². The molecule has 0 spiro atoms. The maximum absolute atomic E-state index is 12.1. The highest BCUT2D eigenvalue weighted by Gasteiger charge is 2.47. The molecule has 1 heterocycles. The molecule has 6 heteroatoms. The first-order chi connectivity index (χ1) is 18.1. The summed E-state index contributed by atoms with van der Waals surface area (Å²) in [5.74, 6) is 2.47. The van der Waals surface area contributed by atoms with E-state index in [2.05, 4.69) is 11.2 Å². The Morgan fingerprint density at radius 3 is 1.78 bits per heavy atom. The van der Waals surface area contributed by atoms with Crippen molar-refractivity contribution in [3.63, 3.8) is 0 Å². The minimum Gasteiger partial charge on any atom is -0.374 e. The van der Waals surface area contributed by atoms with Crippen molar-refractivity contribution in [2.45, 2.75) is 57.2 Å². The monoisotopic (exact) mass is 499 g/mol. The topological polar surface area (TPSA) is 66.0 Å². The van der Waals surface area contributed by atoms with Crippen LogP contribution >= 0.6 is 0 Å². The molecule has 6 nitrogen and oxygen atoms in total. The first kappa shape index (κ1) is 26.6. The molecule has 0 bridgehead atoms. The summed E-state index contributed by atoms with van der Waals surface area (Å²) in [5.41, 5.74) is 3.08. The van der Waals surface area contributed by atoms with Gasteiger partial charge in [0, 0.05) is 6.92 Å². The Kier molecular flexibility index (Phi) is 9.87. The third kappa shape index (κ3) is 7.75. The number of rotatable bonds is 11. The molecule has 0 saturated carbocycles. The van der Waals surface area contributed by atoms with E-state index < -0.39 is 30.5 Å². The van der Waals surface area contributed by atoms with Crippen molar-refractivity contribution >= 4 is 5.91 Å². The first-order valence-corrected chi connectivity index (χ1v) is 12.5. The van der Waals surface area contributed by atoms with E-state index in [0.717, 1.165) is 16.7 Å². The Labute approximate surface area is 218 Å². The van der Waals surface area contributed by atoms with Crippen LogP contribution in [-0.2, 0) is 43.6 Å². The summed E-state index contributed by atoms with van der Waals surface area (Å²) < 4.78 is 25.2. The average Bonchev–Trinajstić information content (AvgIpc) is 2.93. The van der Waals surface area contributed by atoms with E-state index in [1.807, 2.05) is 91.0 Å². The number of terminal acetylenes is 1. The third-order valence-electron chi connectivity index (χ3n) is 6.19. The molecule has 0 aliphatic carbocycles. The molecule has 3 aromatic carbocycles. The average molecular weight is 500 g/mol. The van der Waals surface area contributed by atoms with Crippen molar-refractivity contribution in [2.24, 2.45) is 0 Å². The van der Waals surface area contributed by atoms with Crippen LogP contribution in [-0.4, -0.2) is 43.0 Å². The van der Waals surface area contributed by atoms with Gasteiger partial charge in [-0.3, -0.25) is 4.79 Å². The standard InChI is InChI=1S/C31H33NO5/c1-3-27-29(32-23(2)33)31(36-21-26-17-11-6-12-18-26)30(35-20-25-15-9-5-10-16-25)28(37-27)22-34-19-24-13-7-4-8-14-24/h1,4-18,27-31H,19-22H2,2H3,(H,32,33)/t27-,28?,29?,30+,31?/m1/s1. The van der Waals surface area contributed by atoms with Crippen molar-refractivity contribution in [2.75, 3.05) is 6.61 Å². The van der Waals surface area contributed by atoms with Gasteiger partial charge in [0.2, 0.25) is 5.91 Å². The van der Waals surface area contributed by atoms with E-state index >= 15 is 0 Å². The van der Waals surface area contributed by atoms with Crippen LogP contribution in [0, 0.1) is 12.3 Å². The lowest BCUT2D eigenvalue weighted by atomic mass is 9.92. The van der Waals surface area contributed by atoms with Crippen LogP contribution in [0.2, 0.25) is 0 Å². The fourth-order valence-electron chi connectivity index (χ4n) is 4.41. The number of benzene rings is 3.